The number of aliphatic imine (C=N–C) groups is 1. The number of ether oxygens (including phenoxy) is 1. The summed E-state index contributed by atoms with van der Waals surface area (Å²) in [6.07, 6.45) is 8.71. The average Bonchev–Trinajstić information content (AvgIpc) is 2.99. The predicted molar refractivity (Wildman–Crippen MR) is 111 cm³/mol. The number of halogens is 1. The van der Waals surface area contributed by atoms with Gasteiger partial charge in [0.1, 0.15) is 12.2 Å². The SMILES string of the molecule is CCCOC1(CNC(=NC)N(C)Cc2ncnn2C)CCCCC1.I. The molecule has 1 aliphatic rings. The van der Waals surface area contributed by atoms with Crippen LogP contribution in [-0.4, -0.2) is 58.5 Å². The number of guanidine groups is 1. The van der Waals surface area contributed by atoms with Crippen molar-refractivity contribution in [3.63, 3.8) is 0 Å². The lowest BCUT2D eigenvalue weighted by molar-refractivity contribution is -0.0659. The summed E-state index contributed by atoms with van der Waals surface area (Å²) >= 11 is 0. The fourth-order valence-corrected chi connectivity index (χ4v) is 3.26. The van der Waals surface area contributed by atoms with Gasteiger partial charge >= 0.3 is 0 Å². The van der Waals surface area contributed by atoms with E-state index in [4.69, 9.17) is 4.74 Å². The molecule has 0 saturated heterocycles. The molecule has 0 aliphatic heterocycles. The molecule has 0 atom stereocenters. The Morgan fingerprint density at radius 3 is 2.68 bits per heavy atom. The normalized spacial score (nSPS) is 17.0. The highest BCUT2D eigenvalue weighted by atomic mass is 127. The Morgan fingerprint density at radius 1 is 1.40 bits per heavy atom. The quantitative estimate of drug-likeness (QED) is 0.382. The first-order valence-electron chi connectivity index (χ1n) is 8.99. The van der Waals surface area contributed by atoms with Crippen LogP contribution in [0.25, 0.3) is 0 Å². The van der Waals surface area contributed by atoms with E-state index in [9.17, 15) is 0 Å². The van der Waals surface area contributed by atoms with Gasteiger partial charge in [0.2, 0.25) is 0 Å². The van der Waals surface area contributed by atoms with E-state index in [0.717, 1.165) is 44.2 Å². The summed E-state index contributed by atoms with van der Waals surface area (Å²) in [4.78, 5) is 10.8. The Kier molecular flexibility index (Phi) is 9.70. The summed E-state index contributed by atoms with van der Waals surface area (Å²) < 4.78 is 8.05. The largest absolute Gasteiger partial charge is 0.373 e. The number of hydrogen-bond acceptors (Lipinski definition) is 4. The minimum Gasteiger partial charge on any atom is -0.373 e. The van der Waals surface area contributed by atoms with Gasteiger partial charge in [-0.3, -0.25) is 9.67 Å². The van der Waals surface area contributed by atoms with Crippen LogP contribution in [0.1, 0.15) is 51.3 Å². The van der Waals surface area contributed by atoms with Gasteiger partial charge in [-0.25, -0.2) is 4.98 Å². The van der Waals surface area contributed by atoms with Crippen molar-refractivity contribution in [2.75, 3.05) is 27.2 Å². The van der Waals surface area contributed by atoms with E-state index in [-0.39, 0.29) is 29.6 Å². The number of nitrogens with one attached hydrogen (secondary N) is 1. The van der Waals surface area contributed by atoms with Crippen molar-refractivity contribution < 1.29 is 4.74 Å². The highest BCUT2D eigenvalue weighted by Crippen LogP contribution is 2.31. The molecule has 25 heavy (non-hydrogen) atoms. The first-order chi connectivity index (χ1) is 11.6. The van der Waals surface area contributed by atoms with Gasteiger partial charge in [-0.2, -0.15) is 5.10 Å². The zero-order valence-electron chi connectivity index (χ0n) is 16.0. The summed E-state index contributed by atoms with van der Waals surface area (Å²) in [7, 11) is 5.74. The maximum atomic E-state index is 6.26. The van der Waals surface area contributed by atoms with Crippen LogP contribution in [0, 0.1) is 0 Å². The van der Waals surface area contributed by atoms with Crippen LogP contribution in [0.2, 0.25) is 0 Å². The number of aryl methyl sites for hydroxylation is 1. The van der Waals surface area contributed by atoms with Crippen LogP contribution in [0.15, 0.2) is 11.3 Å². The first-order valence-corrected chi connectivity index (χ1v) is 8.99. The van der Waals surface area contributed by atoms with Crippen LogP contribution >= 0.6 is 24.0 Å². The molecule has 0 radical (unpaired) electrons. The van der Waals surface area contributed by atoms with Crippen molar-refractivity contribution in [1.82, 2.24) is 25.0 Å². The van der Waals surface area contributed by atoms with Gasteiger partial charge < -0.3 is 15.0 Å². The standard InChI is InChI=1S/C17H32N6O.HI/c1-5-11-24-17(9-7-6-8-10-17)13-19-16(18-2)22(3)12-15-20-14-21-23(15)4;/h14H,5-13H2,1-4H3,(H,18,19);1H. The fraction of sp³-hybridized carbons (Fsp3) is 0.824. The van der Waals surface area contributed by atoms with Gasteiger partial charge in [-0.15, -0.1) is 24.0 Å². The van der Waals surface area contributed by atoms with Crippen molar-refractivity contribution in [1.29, 1.82) is 0 Å². The third-order valence-electron chi connectivity index (χ3n) is 4.70. The Labute approximate surface area is 168 Å². The summed E-state index contributed by atoms with van der Waals surface area (Å²) in [5, 5.41) is 7.63. The monoisotopic (exact) mass is 464 g/mol. The van der Waals surface area contributed by atoms with Crippen LogP contribution in [-0.2, 0) is 18.3 Å². The molecular weight excluding hydrogens is 431 g/mol. The van der Waals surface area contributed by atoms with Crippen molar-refractivity contribution in [3.05, 3.63) is 12.2 Å². The van der Waals surface area contributed by atoms with E-state index in [2.05, 4.69) is 32.2 Å². The van der Waals surface area contributed by atoms with E-state index in [1.165, 1.54) is 19.3 Å². The number of hydrogen-bond donors (Lipinski definition) is 1. The van der Waals surface area contributed by atoms with Crippen LogP contribution in [0.3, 0.4) is 0 Å². The highest BCUT2D eigenvalue weighted by molar-refractivity contribution is 14.0. The molecular formula is C17H33IN6O. The average molecular weight is 464 g/mol. The Hall–Kier alpha value is -0.900. The molecule has 1 fully saturated rings. The second kappa shape index (κ2) is 10.9. The van der Waals surface area contributed by atoms with Crippen LogP contribution < -0.4 is 5.32 Å². The third kappa shape index (κ3) is 6.40. The minimum atomic E-state index is -0.0458. The van der Waals surface area contributed by atoms with E-state index < -0.39 is 0 Å². The van der Waals surface area contributed by atoms with Crippen molar-refractivity contribution >= 4 is 29.9 Å². The molecule has 0 unspecified atom stereocenters. The molecule has 0 bridgehead atoms. The molecule has 1 aromatic rings. The topological polar surface area (TPSA) is 67.6 Å². The summed E-state index contributed by atoms with van der Waals surface area (Å²) in [5.41, 5.74) is -0.0458. The molecule has 0 aromatic carbocycles. The molecule has 2 rings (SSSR count). The minimum absolute atomic E-state index is 0. The van der Waals surface area contributed by atoms with Crippen LogP contribution in [0.4, 0.5) is 0 Å². The van der Waals surface area contributed by atoms with Crippen molar-refractivity contribution in [3.8, 4) is 0 Å². The Bertz CT molecular complexity index is 527. The molecule has 1 heterocycles. The van der Waals surface area contributed by atoms with Crippen molar-refractivity contribution in [2.45, 2.75) is 57.6 Å². The summed E-state index contributed by atoms with van der Waals surface area (Å²) in [6.45, 7) is 4.47. The third-order valence-corrected chi connectivity index (χ3v) is 4.70. The molecule has 0 amide bonds. The summed E-state index contributed by atoms with van der Waals surface area (Å²) in [6, 6.07) is 0. The van der Waals surface area contributed by atoms with Gasteiger partial charge in [0.15, 0.2) is 5.96 Å². The molecule has 1 saturated carbocycles. The maximum Gasteiger partial charge on any atom is 0.193 e. The lowest BCUT2D eigenvalue weighted by Crippen LogP contribution is -2.50. The number of rotatable bonds is 7. The second-order valence-electron chi connectivity index (χ2n) is 6.65. The number of nitrogens with zero attached hydrogens (tertiary/aromatic N) is 5. The molecule has 1 aromatic heterocycles. The Morgan fingerprint density at radius 2 is 2.12 bits per heavy atom. The van der Waals surface area contributed by atoms with Gasteiger partial charge in [0, 0.05) is 34.3 Å². The van der Waals surface area contributed by atoms with E-state index in [0.29, 0.717) is 6.54 Å². The smallest absolute Gasteiger partial charge is 0.193 e. The summed E-state index contributed by atoms with van der Waals surface area (Å²) in [5.74, 6) is 1.78. The van der Waals surface area contributed by atoms with Gasteiger partial charge in [-0.1, -0.05) is 26.2 Å². The molecule has 7 nitrogen and oxygen atoms in total. The number of aromatic nitrogens is 3. The molecule has 1 N–H and O–H groups in total. The first kappa shape index (κ1) is 22.1. The Balaban J connectivity index is 0.00000312. The zero-order chi connectivity index (χ0) is 17.4. The van der Waals surface area contributed by atoms with Gasteiger partial charge in [0.25, 0.3) is 0 Å². The van der Waals surface area contributed by atoms with Crippen LogP contribution in [0.5, 0.6) is 0 Å². The molecule has 0 spiro atoms. The molecule has 1 aliphatic carbocycles. The predicted octanol–water partition coefficient (Wildman–Crippen LogP) is 2.57. The van der Waals surface area contributed by atoms with Crippen molar-refractivity contribution in [2.24, 2.45) is 12.0 Å². The van der Waals surface area contributed by atoms with E-state index in [1.54, 1.807) is 11.0 Å². The second-order valence-corrected chi connectivity index (χ2v) is 6.65. The van der Waals surface area contributed by atoms with Gasteiger partial charge in [-0.05, 0) is 19.3 Å². The fourth-order valence-electron chi connectivity index (χ4n) is 3.26. The lowest BCUT2D eigenvalue weighted by Gasteiger charge is -2.38. The molecule has 144 valence electrons. The highest BCUT2D eigenvalue weighted by Gasteiger charge is 2.33. The zero-order valence-corrected chi connectivity index (χ0v) is 18.3. The lowest BCUT2D eigenvalue weighted by atomic mass is 9.84. The van der Waals surface area contributed by atoms with E-state index >= 15 is 0 Å². The van der Waals surface area contributed by atoms with Gasteiger partial charge in [0.05, 0.1) is 12.1 Å². The molecule has 8 heteroatoms. The maximum absolute atomic E-state index is 6.26. The van der Waals surface area contributed by atoms with E-state index in [1.807, 2.05) is 21.1 Å².